The first-order valence-corrected chi connectivity index (χ1v) is 5.83. The molecule has 0 atom stereocenters. The van der Waals surface area contributed by atoms with Gasteiger partial charge in [0.15, 0.2) is 11.5 Å². The zero-order chi connectivity index (χ0) is 11.7. The molecule has 0 aliphatic rings. The molecule has 1 aromatic carbocycles. The van der Waals surface area contributed by atoms with Crippen molar-refractivity contribution in [2.24, 2.45) is 0 Å². The summed E-state index contributed by atoms with van der Waals surface area (Å²) in [6, 6.07) is 4.54. The molecule has 0 unspecified atom stereocenters. The van der Waals surface area contributed by atoms with Gasteiger partial charge in [0.05, 0.1) is 4.47 Å². The van der Waals surface area contributed by atoms with Crippen LogP contribution in [0, 0.1) is 5.82 Å². The third-order valence-corrected chi connectivity index (χ3v) is 2.92. The molecule has 1 heterocycles. The number of halogens is 2. The van der Waals surface area contributed by atoms with Crippen molar-refractivity contribution in [2.45, 2.75) is 19.8 Å². The summed E-state index contributed by atoms with van der Waals surface area (Å²) < 4.78 is 18.9. The predicted molar refractivity (Wildman–Crippen MR) is 63.1 cm³/mol. The van der Waals surface area contributed by atoms with Crippen molar-refractivity contribution in [2.75, 3.05) is 0 Å². The average Bonchev–Trinajstić information content (AvgIpc) is 2.62. The van der Waals surface area contributed by atoms with Gasteiger partial charge in [-0.05, 0) is 34.5 Å². The zero-order valence-electron chi connectivity index (χ0n) is 8.72. The van der Waals surface area contributed by atoms with Crippen LogP contribution in [0.15, 0.2) is 27.1 Å². The SMILES string of the molecule is CCCC(=O)c1cc2cc(Br)c(F)cc2o1. The molecule has 16 heavy (non-hydrogen) atoms. The van der Waals surface area contributed by atoms with Crippen molar-refractivity contribution in [3.63, 3.8) is 0 Å². The number of Topliss-reactive ketones (excluding diaryl/α,β-unsaturated/α-hetero) is 1. The smallest absolute Gasteiger partial charge is 0.198 e. The van der Waals surface area contributed by atoms with E-state index >= 15 is 0 Å². The molecule has 0 amide bonds. The molecule has 0 fully saturated rings. The van der Waals surface area contributed by atoms with Gasteiger partial charge >= 0.3 is 0 Å². The zero-order valence-corrected chi connectivity index (χ0v) is 10.3. The summed E-state index contributed by atoms with van der Waals surface area (Å²) in [6.07, 6.45) is 1.22. The van der Waals surface area contributed by atoms with Crippen molar-refractivity contribution in [3.05, 3.63) is 34.2 Å². The van der Waals surface area contributed by atoms with Gasteiger partial charge in [0.25, 0.3) is 0 Å². The molecule has 0 radical (unpaired) electrons. The number of carbonyl (C=O) groups is 1. The number of ketones is 1. The van der Waals surface area contributed by atoms with Crippen LogP contribution in [0.1, 0.15) is 30.3 Å². The molecule has 0 saturated heterocycles. The minimum absolute atomic E-state index is 0.0461. The van der Waals surface area contributed by atoms with Gasteiger partial charge in [0, 0.05) is 17.9 Å². The highest BCUT2D eigenvalue weighted by atomic mass is 79.9. The van der Waals surface area contributed by atoms with E-state index < -0.39 is 5.82 Å². The average molecular weight is 285 g/mol. The van der Waals surface area contributed by atoms with Gasteiger partial charge < -0.3 is 4.42 Å². The number of fused-ring (bicyclic) bond motifs is 1. The third-order valence-electron chi connectivity index (χ3n) is 2.31. The Kier molecular flexibility index (Phi) is 3.10. The lowest BCUT2D eigenvalue weighted by Gasteiger charge is -1.92. The largest absolute Gasteiger partial charge is 0.453 e. The van der Waals surface area contributed by atoms with Crippen LogP contribution in [0.2, 0.25) is 0 Å². The van der Waals surface area contributed by atoms with Crippen LogP contribution < -0.4 is 0 Å². The Balaban J connectivity index is 2.48. The maximum atomic E-state index is 13.2. The molecule has 0 spiro atoms. The highest BCUT2D eigenvalue weighted by molar-refractivity contribution is 9.10. The molecule has 2 aromatic rings. The van der Waals surface area contributed by atoms with E-state index in [4.69, 9.17) is 4.42 Å². The topological polar surface area (TPSA) is 30.2 Å². The Morgan fingerprint density at radius 2 is 2.19 bits per heavy atom. The van der Waals surface area contributed by atoms with Gasteiger partial charge in [-0.2, -0.15) is 0 Å². The van der Waals surface area contributed by atoms with E-state index in [9.17, 15) is 9.18 Å². The van der Waals surface area contributed by atoms with E-state index in [1.165, 1.54) is 6.07 Å². The van der Waals surface area contributed by atoms with Crippen molar-refractivity contribution in [1.29, 1.82) is 0 Å². The third kappa shape index (κ3) is 2.02. The Hall–Kier alpha value is -1.16. The summed E-state index contributed by atoms with van der Waals surface area (Å²) in [4.78, 5) is 11.6. The molecule has 84 valence electrons. The number of rotatable bonds is 3. The summed E-state index contributed by atoms with van der Waals surface area (Å²) in [5.41, 5.74) is 0.403. The number of benzene rings is 1. The van der Waals surface area contributed by atoms with Gasteiger partial charge in [-0.25, -0.2) is 4.39 Å². The number of carbonyl (C=O) groups excluding carboxylic acids is 1. The van der Waals surface area contributed by atoms with Crippen LogP contribution in [0.25, 0.3) is 11.0 Å². The fourth-order valence-corrected chi connectivity index (χ4v) is 1.88. The summed E-state index contributed by atoms with van der Waals surface area (Å²) in [7, 11) is 0. The molecule has 2 nitrogen and oxygen atoms in total. The van der Waals surface area contributed by atoms with Crippen molar-refractivity contribution in [3.8, 4) is 0 Å². The number of furan rings is 1. The molecule has 1 aromatic heterocycles. The second kappa shape index (κ2) is 4.37. The van der Waals surface area contributed by atoms with E-state index in [1.807, 2.05) is 6.92 Å². The molecular formula is C12H10BrFO2. The lowest BCUT2D eigenvalue weighted by molar-refractivity contribution is 0.0957. The molecule has 0 aliphatic heterocycles. The number of hydrogen-bond acceptors (Lipinski definition) is 2. The lowest BCUT2D eigenvalue weighted by atomic mass is 10.2. The highest BCUT2D eigenvalue weighted by Crippen LogP contribution is 2.26. The summed E-state index contributed by atoms with van der Waals surface area (Å²) in [5, 5.41) is 0.729. The molecule has 0 N–H and O–H groups in total. The second-order valence-electron chi connectivity index (χ2n) is 3.59. The Morgan fingerprint density at radius 1 is 1.44 bits per heavy atom. The second-order valence-corrected chi connectivity index (χ2v) is 4.44. The molecular weight excluding hydrogens is 275 g/mol. The van der Waals surface area contributed by atoms with E-state index in [0.717, 1.165) is 11.8 Å². The Bertz CT molecular complexity index is 506. The minimum atomic E-state index is -0.392. The molecule has 0 aliphatic carbocycles. The van der Waals surface area contributed by atoms with Crippen molar-refractivity contribution >= 4 is 32.7 Å². The normalized spacial score (nSPS) is 10.9. The van der Waals surface area contributed by atoms with Crippen molar-refractivity contribution < 1.29 is 13.6 Å². The molecule has 4 heteroatoms. The van der Waals surface area contributed by atoms with Crippen LogP contribution in [-0.4, -0.2) is 5.78 Å². The first kappa shape index (κ1) is 11.3. The summed E-state index contributed by atoms with van der Waals surface area (Å²) >= 11 is 3.09. The van der Waals surface area contributed by atoms with Gasteiger partial charge in [-0.3, -0.25) is 4.79 Å². The van der Waals surface area contributed by atoms with E-state index in [0.29, 0.717) is 22.2 Å². The monoisotopic (exact) mass is 284 g/mol. The fourth-order valence-electron chi connectivity index (χ4n) is 1.52. The van der Waals surface area contributed by atoms with Gasteiger partial charge in [0.1, 0.15) is 11.4 Å². The molecule has 0 bridgehead atoms. The van der Waals surface area contributed by atoms with Crippen LogP contribution >= 0.6 is 15.9 Å². The first-order valence-electron chi connectivity index (χ1n) is 5.03. The van der Waals surface area contributed by atoms with Crippen LogP contribution in [0.5, 0.6) is 0 Å². The Morgan fingerprint density at radius 3 is 2.88 bits per heavy atom. The van der Waals surface area contributed by atoms with Crippen LogP contribution in [0.3, 0.4) is 0 Å². The minimum Gasteiger partial charge on any atom is -0.453 e. The lowest BCUT2D eigenvalue weighted by Crippen LogP contribution is -1.94. The Labute approximate surface area is 101 Å². The van der Waals surface area contributed by atoms with Crippen molar-refractivity contribution in [1.82, 2.24) is 0 Å². The van der Waals surface area contributed by atoms with Crippen LogP contribution in [0.4, 0.5) is 4.39 Å². The first-order chi connectivity index (χ1) is 7.61. The van der Waals surface area contributed by atoms with E-state index in [-0.39, 0.29) is 5.78 Å². The summed E-state index contributed by atoms with van der Waals surface area (Å²) in [6.45, 7) is 1.93. The van der Waals surface area contributed by atoms with Crippen LogP contribution in [-0.2, 0) is 0 Å². The van der Waals surface area contributed by atoms with E-state index in [1.54, 1.807) is 12.1 Å². The van der Waals surface area contributed by atoms with Gasteiger partial charge in [-0.15, -0.1) is 0 Å². The van der Waals surface area contributed by atoms with Gasteiger partial charge in [-0.1, -0.05) is 6.92 Å². The van der Waals surface area contributed by atoms with Gasteiger partial charge in [0.2, 0.25) is 0 Å². The fraction of sp³-hybridized carbons (Fsp3) is 0.250. The van der Waals surface area contributed by atoms with E-state index in [2.05, 4.69) is 15.9 Å². The quantitative estimate of drug-likeness (QED) is 0.786. The maximum absolute atomic E-state index is 13.2. The maximum Gasteiger partial charge on any atom is 0.198 e. The summed E-state index contributed by atoms with van der Waals surface area (Å²) in [5.74, 6) is -0.138. The predicted octanol–water partition coefficient (Wildman–Crippen LogP) is 4.32. The number of hydrogen-bond donors (Lipinski definition) is 0. The highest BCUT2D eigenvalue weighted by Gasteiger charge is 2.13. The molecule has 0 saturated carbocycles. The standard InChI is InChI=1S/C12H10BrFO2/c1-2-3-10(15)12-5-7-4-8(13)9(14)6-11(7)16-12/h4-6H,2-3H2,1H3. The molecule has 2 rings (SSSR count).